The minimum atomic E-state index is -1.08. The van der Waals surface area contributed by atoms with E-state index in [1.54, 1.807) is 0 Å². The number of amides is 1. The van der Waals surface area contributed by atoms with Crippen molar-refractivity contribution in [1.29, 1.82) is 0 Å². The summed E-state index contributed by atoms with van der Waals surface area (Å²) in [4.78, 5) is 26.1. The van der Waals surface area contributed by atoms with E-state index in [-0.39, 0.29) is 11.3 Å². The van der Waals surface area contributed by atoms with Crippen LogP contribution in [0.3, 0.4) is 0 Å². The van der Waals surface area contributed by atoms with Crippen molar-refractivity contribution in [3.63, 3.8) is 0 Å². The highest BCUT2D eigenvalue weighted by Crippen LogP contribution is 2.09. The molecule has 3 N–H and O–H groups in total. The number of pyridine rings is 1. The van der Waals surface area contributed by atoms with Gasteiger partial charge in [-0.2, -0.15) is 0 Å². The van der Waals surface area contributed by atoms with Crippen LogP contribution in [-0.2, 0) is 4.79 Å². The highest BCUT2D eigenvalue weighted by atomic mass is 16.4. The number of nitrogens with zero attached hydrogens (tertiary/aromatic N) is 1. The third-order valence-electron chi connectivity index (χ3n) is 2.17. The van der Waals surface area contributed by atoms with Crippen LogP contribution in [0, 0.1) is 0 Å². The maximum absolute atomic E-state index is 11.7. The van der Waals surface area contributed by atoms with Gasteiger partial charge in [-0.15, -0.1) is 0 Å². The lowest BCUT2D eigenvalue weighted by Crippen LogP contribution is -2.40. The summed E-state index contributed by atoms with van der Waals surface area (Å²) in [5.41, 5.74) is 0.132. The number of nitrogens with one attached hydrogen (secondary N) is 1. The summed E-state index contributed by atoms with van der Waals surface area (Å²) in [6.45, 7) is 1.83. The lowest BCUT2D eigenvalue weighted by molar-refractivity contribution is -0.139. The van der Waals surface area contributed by atoms with Crippen molar-refractivity contribution in [2.24, 2.45) is 0 Å². The molecule has 1 amide bonds. The van der Waals surface area contributed by atoms with Gasteiger partial charge >= 0.3 is 5.97 Å². The van der Waals surface area contributed by atoms with E-state index in [2.05, 4.69) is 10.3 Å². The van der Waals surface area contributed by atoms with Crippen LogP contribution in [0.4, 0.5) is 0 Å². The largest absolute Gasteiger partial charge is 0.506 e. The number of hydrogen-bond donors (Lipinski definition) is 3. The number of aromatic hydroxyl groups is 1. The molecule has 1 rings (SSSR count). The second-order valence-electron chi connectivity index (χ2n) is 3.58. The molecule has 6 heteroatoms. The van der Waals surface area contributed by atoms with Crippen molar-refractivity contribution in [2.75, 3.05) is 0 Å². The van der Waals surface area contributed by atoms with E-state index in [9.17, 15) is 9.59 Å². The van der Waals surface area contributed by atoms with Gasteiger partial charge in [0.2, 0.25) is 0 Å². The molecule has 0 saturated heterocycles. The molecule has 1 heterocycles. The van der Waals surface area contributed by atoms with Crippen LogP contribution in [0.1, 0.15) is 30.1 Å². The average molecular weight is 238 g/mol. The Bertz CT molecular complexity index is 420. The number of rotatable bonds is 5. The second kappa shape index (κ2) is 5.83. The maximum Gasteiger partial charge on any atom is 0.326 e. The highest BCUT2D eigenvalue weighted by molar-refractivity contribution is 5.96. The van der Waals surface area contributed by atoms with Gasteiger partial charge < -0.3 is 15.5 Å². The number of carbonyl (C=O) groups excluding carboxylic acids is 1. The number of aliphatic carboxylic acids is 1. The van der Waals surface area contributed by atoms with E-state index < -0.39 is 17.9 Å². The molecule has 0 aromatic carbocycles. The summed E-state index contributed by atoms with van der Waals surface area (Å²) in [7, 11) is 0. The summed E-state index contributed by atoms with van der Waals surface area (Å²) in [5.74, 6) is -1.78. The van der Waals surface area contributed by atoms with Gasteiger partial charge in [0, 0.05) is 6.20 Å². The van der Waals surface area contributed by atoms with Crippen molar-refractivity contribution >= 4 is 11.9 Å². The van der Waals surface area contributed by atoms with Gasteiger partial charge in [0.1, 0.15) is 11.8 Å². The Morgan fingerprint density at radius 2 is 2.18 bits per heavy atom. The van der Waals surface area contributed by atoms with Crippen molar-refractivity contribution in [2.45, 2.75) is 25.8 Å². The molecule has 0 spiro atoms. The normalized spacial score (nSPS) is 11.8. The van der Waals surface area contributed by atoms with Crippen molar-refractivity contribution in [3.05, 3.63) is 24.0 Å². The summed E-state index contributed by atoms with van der Waals surface area (Å²) >= 11 is 0. The first-order chi connectivity index (χ1) is 8.04. The Hall–Kier alpha value is -2.11. The van der Waals surface area contributed by atoms with Crippen molar-refractivity contribution < 1.29 is 19.8 Å². The van der Waals surface area contributed by atoms with E-state index in [1.165, 1.54) is 18.5 Å². The lowest BCUT2D eigenvalue weighted by Gasteiger charge is -2.13. The molecule has 0 aliphatic rings. The van der Waals surface area contributed by atoms with Crippen LogP contribution in [0.2, 0.25) is 0 Å². The minimum Gasteiger partial charge on any atom is -0.506 e. The molecule has 0 aliphatic heterocycles. The van der Waals surface area contributed by atoms with E-state index in [4.69, 9.17) is 10.2 Å². The average Bonchev–Trinajstić information content (AvgIpc) is 2.28. The standard InChI is InChI=1S/C11H14N2O4/c1-2-3-9(11(16)17)13-10(15)7-4-8(14)6-12-5-7/h4-6,9,14H,2-3H2,1H3,(H,13,15)(H,16,17)/t9-/m0/s1. The number of aromatic nitrogens is 1. The van der Waals surface area contributed by atoms with Gasteiger partial charge in [0.15, 0.2) is 0 Å². The molecule has 6 nitrogen and oxygen atoms in total. The molecule has 17 heavy (non-hydrogen) atoms. The number of carboxylic acid groups (broad SMARTS) is 1. The van der Waals surface area contributed by atoms with E-state index in [0.717, 1.165) is 0 Å². The van der Waals surface area contributed by atoms with Crippen LogP contribution >= 0.6 is 0 Å². The van der Waals surface area contributed by atoms with Gasteiger partial charge in [-0.05, 0) is 12.5 Å². The number of carbonyl (C=O) groups is 2. The molecule has 92 valence electrons. The summed E-state index contributed by atoms with van der Waals surface area (Å²) < 4.78 is 0. The fourth-order valence-electron chi connectivity index (χ4n) is 1.34. The first kappa shape index (κ1) is 13.0. The van der Waals surface area contributed by atoms with Crippen molar-refractivity contribution in [1.82, 2.24) is 10.3 Å². The Kier molecular flexibility index (Phi) is 4.45. The SMILES string of the molecule is CCC[C@H](NC(=O)c1cncc(O)c1)C(=O)O. The first-order valence-corrected chi connectivity index (χ1v) is 5.22. The molecule has 1 aromatic rings. The van der Waals surface area contributed by atoms with E-state index in [0.29, 0.717) is 12.8 Å². The van der Waals surface area contributed by atoms with Gasteiger partial charge in [0.05, 0.1) is 11.8 Å². The second-order valence-corrected chi connectivity index (χ2v) is 3.58. The Morgan fingerprint density at radius 1 is 1.47 bits per heavy atom. The van der Waals surface area contributed by atoms with Crippen LogP contribution < -0.4 is 5.32 Å². The third-order valence-corrected chi connectivity index (χ3v) is 2.17. The zero-order valence-electron chi connectivity index (χ0n) is 9.38. The van der Waals surface area contributed by atoms with Crippen LogP contribution in [0.5, 0.6) is 5.75 Å². The number of hydrogen-bond acceptors (Lipinski definition) is 4. The fourth-order valence-corrected chi connectivity index (χ4v) is 1.34. The minimum absolute atomic E-state index is 0.132. The fraction of sp³-hybridized carbons (Fsp3) is 0.364. The zero-order chi connectivity index (χ0) is 12.8. The number of carboxylic acids is 1. The summed E-state index contributed by atoms with van der Waals surface area (Å²) in [6.07, 6.45) is 3.46. The highest BCUT2D eigenvalue weighted by Gasteiger charge is 2.19. The van der Waals surface area contributed by atoms with Crippen molar-refractivity contribution in [3.8, 4) is 5.75 Å². The van der Waals surface area contributed by atoms with E-state index >= 15 is 0 Å². The molecule has 0 saturated carbocycles. The lowest BCUT2D eigenvalue weighted by atomic mass is 10.1. The Morgan fingerprint density at radius 3 is 2.71 bits per heavy atom. The molecule has 1 aromatic heterocycles. The smallest absolute Gasteiger partial charge is 0.326 e. The monoisotopic (exact) mass is 238 g/mol. The maximum atomic E-state index is 11.7. The van der Waals surface area contributed by atoms with Gasteiger partial charge in [0.25, 0.3) is 5.91 Å². The molecular weight excluding hydrogens is 224 g/mol. The molecular formula is C11H14N2O4. The predicted molar refractivity (Wildman–Crippen MR) is 59.7 cm³/mol. The third kappa shape index (κ3) is 3.75. The molecule has 0 fully saturated rings. The summed E-state index contributed by atoms with van der Waals surface area (Å²) in [6, 6.07) is 0.308. The van der Waals surface area contributed by atoms with Crippen LogP contribution in [-0.4, -0.2) is 33.1 Å². The molecule has 0 unspecified atom stereocenters. The zero-order valence-corrected chi connectivity index (χ0v) is 9.38. The van der Waals surface area contributed by atoms with Crippen LogP contribution in [0.15, 0.2) is 18.5 Å². The molecule has 0 bridgehead atoms. The Balaban J connectivity index is 2.73. The Labute approximate surface area is 98.3 Å². The predicted octanol–water partition coefficient (Wildman–Crippen LogP) is 0.770. The van der Waals surface area contributed by atoms with E-state index in [1.807, 2.05) is 6.92 Å². The first-order valence-electron chi connectivity index (χ1n) is 5.22. The molecule has 0 radical (unpaired) electrons. The van der Waals surface area contributed by atoms with Crippen LogP contribution in [0.25, 0.3) is 0 Å². The van der Waals surface area contributed by atoms with Gasteiger partial charge in [-0.1, -0.05) is 13.3 Å². The summed E-state index contributed by atoms with van der Waals surface area (Å²) in [5, 5.41) is 20.4. The topological polar surface area (TPSA) is 99.5 Å². The molecule has 0 aliphatic carbocycles. The molecule has 1 atom stereocenters. The quantitative estimate of drug-likeness (QED) is 0.703. The van der Waals surface area contributed by atoms with Gasteiger partial charge in [-0.25, -0.2) is 4.79 Å². The van der Waals surface area contributed by atoms with Gasteiger partial charge in [-0.3, -0.25) is 9.78 Å².